The van der Waals surface area contributed by atoms with Crippen LogP contribution in [-0.4, -0.2) is 47.8 Å². The molecule has 0 spiro atoms. The minimum absolute atomic E-state index is 0.0258. The summed E-state index contributed by atoms with van der Waals surface area (Å²) < 4.78 is 41.1. The fourth-order valence-electron chi connectivity index (χ4n) is 4.63. The topological polar surface area (TPSA) is 40.6 Å². The van der Waals surface area contributed by atoms with Gasteiger partial charge in [0.25, 0.3) is 5.91 Å². The van der Waals surface area contributed by atoms with Gasteiger partial charge in [0.2, 0.25) is 5.91 Å². The molecule has 2 aromatic carbocycles. The van der Waals surface area contributed by atoms with Gasteiger partial charge in [0.05, 0.1) is 10.6 Å². The predicted molar refractivity (Wildman–Crippen MR) is 119 cm³/mol. The highest BCUT2D eigenvalue weighted by Gasteiger charge is 2.38. The van der Waals surface area contributed by atoms with Gasteiger partial charge in [0.1, 0.15) is 17.5 Å². The molecule has 176 valence electrons. The first-order chi connectivity index (χ1) is 15.7. The van der Waals surface area contributed by atoms with Crippen molar-refractivity contribution in [3.05, 3.63) is 70.0 Å². The largest absolute Gasteiger partial charge is 0.342 e. The molecule has 2 aromatic rings. The molecule has 8 heteroatoms. The van der Waals surface area contributed by atoms with Gasteiger partial charge in [-0.15, -0.1) is 0 Å². The molecule has 33 heavy (non-hydrogen) atoms. The quantitative estimate of drug-likeness (QED) is 0.580. The zero-order valence-electron chi connectivity index (χ0n) is 18.4. The first-order valence-electron chi connectivity index (χ1n) is 11.2. The van der Waals surface area contributed by atoms with Crippen molar-refractivity contribution in [1.82, 2.24) is 9.80 Å². The summed E-state index contributed by atoms with van der Waals surface area (Å²) in [6.07, 6.45) is 3.27. The fraction of sp³-hybridized carbons (Fsp3) is 0.440. The van der Waals surface area contributed by atoms with Crippen molar-refractivity contribution in [3.8, 4) is 0 Å². The Bertz CT molecular complexity index is 1050. The molecule has 1 saturated carbocycles. The monoisotopic (exact) mass is 478 g/mol. The van der Waals surface area contributed by atoms with Crippen LogP contribution in [0.5, 0.6) is 0 Å². The second-order valence-corrected chi connectivity index (χ2v) is 9.39. The Labute approximate surface area is 196 Å². The summed E-state index contributed by atoms with van der Waals surface area (Å²) in [5.41, 5.74) is 0.621. The number of benzene rings is 2. The van der Waals surface area contributed by atoms with Crippen LogP contribution in [0.4, 0.5) is 13.2 Å². The zero-order valence-corrected chi connectivity index (χ0v) is 19.1. The summed E-state index contributed by atoms with van der Waals surface area (Å²) in [5.74, 6) is -1.89. The number of carbonyl (C=O) groups excluding carboxylic acids is 2. The van der Waals surface area contributed by atoms with Crippen LogP contribution in [0, 0.1) is 29.3 Å². The molecule has 2 aliphatic rings. The lowest BCUT2D eigenvalue weighted by atomic mass is 9.84. The summed E-state index contributed by atoms with van der Waals surface area (Å²) in [7, 11) is 1.75. The molecular weight excluding hydrogens is 453 g/mol. The van der Waals surface area contributed by atoms with E-state index >= 15 is 0 Å². The van der Waals surface area contributed by atoms with Crippen LogP contribution in [0.2, 0.25) is 5.02 Å². The van der Waals surface area contributed by atoms with E-state index < -0.39 is 17.5 Å². The number of likely N-dealkylation sites (tertiary alicyclic amines) is 1. The Balaban J connectivity index is 1.48. The Morgan fingerprint density at radius 2 is 1.67 bits per heavy atom. The lowest BCUT2D eigenvalue weighted by molar-refractivity contribution is -0.134. The van der Waals surface area contributed by atoms with Gasteiger partial charge in [0.15, 0.2) is 0 Å². The van der Waals surface area contributed by atoms with Crippen LogP contribution in [-0.2, 0) is 11.2 Å². The molecule has 1 saturated heterocycles. The summed E-state index contributed by atoms with van der Waals surface area (Å²) in [4.78, 5) is 29.1. The highest BCUT2D eigenvalue weighted by atomic mass is 35.5. The van der Waals surface area contributed by atoms with Crippen molar-refractivity contribution in [2.24, 2.45) is 11.8 Å². The smallest absolute Gasteiger partial charge is 0.255 e. The number of amides is 2. The molecule has 1 atom stereocenters. The normalized spacial score (nSPS) is 17.7. The Morgan fingerprint density at radius 3 is 2.27 bits per heavy atom. The van der Waals surface area contributed by atoms with E-state index in [0.29, 0.717) is 31.5 Å². The van der Waals surface area contributed by atoms with Gasteiger partial charge in [-0.3, -0.25) is 9.59 Å². The molecule has 4 nitrogen and oxygen atoms in total. The van der Waals surface area contributed by atoms with Crippen LogP contribution in [0.15, 0.2) is 36.4 Å². The van der Waals surface area contributed by atoms with E-state index in [-0.39, 0.29) is 46.7 Å². The van der Waals surface area contributed by atoms with Crippen molar-refractivity contribution in [2.75, 3.05) is 20.1 Å². The average Bonchev–Trinajstić information content (AvgIpc) is 3.63. The molecule has 0 unspecified atom stereocenters. The maximum Gasteiger partial charge on any atom is 0.255 e. The molecule has 0 N–H and O–H groups in total. The highest BCUT2D eigenvalue weighted by Crippen LogP contribution is 2.34. The third kappa shape index (κ3) is 5.35. The minimum Gasteiger partial charge on any atom is -0.342 e. The van der Waals surface area contributed by atoms with Gasteiger partial charge < -0.3 is 9.80 Å². The number of carbonyl (C=O) groups is 2. The van der Waals surface area contributed by atoms with Crippen LogP contribution in [0.25, 0.3) is 0 Å². The molecule has 0 radical (unpaired) electrons. The number of hydrogen-bond donors (Lipinski definition) is 0. The maximum atomic E-state index is 14.4. The third-order valence-corrected chi connectivity index (χ3v) is 7.06. The molecule has 2 fully saturated rings. The summed E-state index contributed by atoms with van der Waals surface area (Å²) in [6.45, 7) is 0.899. The van der Waals surface area contributed by atoms with Crippen LogP contribution < -0.4 is 0 Å². The standard InChI is InChI=1S/C25H26ClF3N2O2/c1-30(24(32)16-2-3-16)23(12-17-4-5-19(28)14-22(17)29)15-8-10-31(11-9-15)25(33)20-7-6-18(27)13-21(20)26/h4-7,13-16,23H,2-3,8-12H2,1H3/t23-/m1/s1. The number of hydrogen-bond acceptors (Lipinski definition) is 2. The molecule has 0 bridgehead atoms. The number of nitrogens with zero attached hydrogens (tertiary/aromatic N) is 2. The molecule has 1 aliphatic heterocycles. The number of likely N-dealkylation sites (N-methyl/N-ethyl adjacent to an activating group) is 1. The van der Waals surface area contributed by atoms with Crippen molar-refractivity contribution in [3.63, 3.8) is 0 Å². The van der Waals surface area contributed by atoms with Crippen LogP contribution in [0.1, 0.15) is 41.6 Å². The second-order valence-electron chi connectivity index (χ2n) is 8.98. The van der Waals surface area contributed by atoms with Gasteiger partial charge >= 0.3 is 0 Å². The van der Waals surface area contributed by atoms with Crippen molar-refractivity contribution >= 4 is 23.4 Å². The van der Waals surface area contributed by atoms with Crippen LogP contribution >= 0.6 is 11.6 Å². The maximum absolute atomic E-state index is 14.4. The first kappa shape index (κ1) is 23.6. The number of piperidine rings is 1. The van der Waals surface area contributed by atoms with E-state index in [1.165, 1.54) is 24.3 Å². The molecule has 0 aromatic heterocycles. The van der Waals surface area contributed by atoms with Gasteiger partial charge in [0, 0.05) is 38.2 Å². The van der Waals surface area contributed by atoms with Crippen molar-refractivity contribution in [1.29, 1.82) is 0 Å². The van der Waals surface area contributed by atoms with E-state index in [0.717, 1.165) is 25.0 Å². The molecule has 2 amide bonds. The van der Waals surface area contributed by atoms with E-state index in [4.69, 9.17) is 11.6 Å². The van der Waals surface area contributed by atoms with E-state index in [1.807, 2.05) is 0 Å². The van der Waals surface area contributed by atoms with E-state index in [1.54, 1.807) is 16.8 Å². The number of halogens is 4. The van der Waals surface area contributed by atoms with Crippen molar-refractivity contribution in [2.45, 2.75) is 38.1 Å². The van der Waals surface area contributed by atoms with E-state index in [2.05, 4.69) is 0 Å². The number of rotatable bonds is 6. The summed E-state index contributed by atoms with van der Waals surface area (Å²) >= 11 is 6.06. The Hall–Kier alpha value is -2.54. The van der Waals surface area contributed by atoms with Crippen LogP contribution in [0.3, 0.4) is 0 Å². The molecule has 4 rings (SSSR count). The SMILES string of the molecule is CN(C(=O)C1CC1)[C@H](Cc1ccc(F)cc1F)C1CCN(C(=O)c2ccc(F)cc2Cl)CC1. The molecule has 1 aliphatic carbocycles. The zero-order chi connectivity index (χ0) is 23.7. The lowest BCUT2D eigenvalue weighted by Crippen LogP contribution is -2.49. The van der Waals surface area contributed by atoms with Gasteiger partial charge in [-0.1, -0.05) is 17.7 Å². The van der Waals surface area contributed by atoms with Gasteiger partial charge in [-0.05, 0) is 67.9 Å². The summed E-state index contributed by atoms with van der Waals surface area (Å²) in [5, 5.41) is 0.0709. The van der Waals surface area contributed by atoms with E-state index in [9.17, 15) is 22.8 Å². The van der Waals surface area contributed by atoms with Crippen molar-refractivity contribution < 1.29 is 22.8 Å². The Morgan fingerprint density at radius 1 is 1.03 bits per heavy atom. The third-order valence-electron chi connectivity index (χ3n) is 6.75. The molecule has 1 heterocycles. The van der Waals surface area contributed by atoms with Gasteiger partial charge in [-0.2, -0.15) is 0 Å². The summed E-state index contributed by atoms with van der Waals surface area (Å²) in [6, 6.07) is 6.97. The lowest BCUT2D eigenvalue weighted by Gasteiger charge is -2.40. The minimum atomic E-state index is -0.638. The predicted octanol–water partition coefficient (Wildman–Crippen LogP) is 5.09. The Kier molecular flexibility index (Phi) is 6.98. The highest BCUT2D eigenvalue weighted by molar-refractivity contribution is 6.33. The second kappa shape index (κ2) is 9.75. The van der Waals surface area contributed by atoms with Gasteiger partial charge in [-0.25, -0.2) is 13.2 Å². The average molecular weight is 479 g/mol. The first-order valence-corrected chi connectivity index (χ1v) is 11.6. The molecular formula is C25H26ClF3N2O2. The fourth-order valence-corrected chi connectivity index (χ4v) is 4.88.